The smallest absolute Gasteiger partial charge is 0.261 e. The number of hydrogen-bond acceptors (Lipinski definition) is 4. The second kappa shape index (κ2) is 6.35. The molecule has 1 aromatic carbocycles. The molecular formula is C11H15ClO4S. The molecule has 0 amide bonds. The molecule has 1 unspecified atom stereocenters. The van der Waals surface area contributed by atoms with E-state index in [1.54, 1.807) is 25.1 Å². The summed E-state index contributed by atoms with van der Waals surface area (Å²) in [5.41, 5.74) is 0.669. The monoisotopic (exact) mass is 278 g/mol. The third kappa shape index (κ3) is 5.04. The number of halogens is 1. The van der Waals surface area contributed by atoms with Crippen molar-refractivity contribution in [1.82, 2.24) is 0 Å². The van der Waals surface area contributed by atoms with Gasteiger partial charge in [0.1, 0.15) is 0 Å². The van der Waals surface area contributed by atoms with Crippen LogP contribution in [0.3, 0.4) is 0 Å². The molecule has 1 atom stereocenters. The highest BCUT2D eigenvalue weighted by atomic mass is 35.7. The van der Waals surface area contributed by atoms with E-state index in [9.17, 15) is 8.42 Å². The van der Waals surface area contributed by atoms with Gasteiger partial charge in [-0.2, -0.15) is 0 Å². The SMILES string of the molecule is Cc1ccccc1S(=O)(=O)Cl.OC1CCOC1. The Labute approximate surface area is 106 Å². The Morgan fingerprint density at radius 2 is 2.06 bits per heavy atom. The van der Waals surface area contributed by atoms with E-state index in [0.717, 1.165) is 13.0 Å². The second-order valence-electron chi connectivity index (χ2n) is 3.72. The number of rotatable bonds is 1. The molecule has 1 aromatic rings. The summed E-state index contributed by atoms with van der Waals surface area (Å²) in [4.78, 5) is 0.182. The first-order chi connectivity index (χ1) is 7.91. The van der Waals surface area contributed by atoms with Crippen LogP contribution in [0.25, 0.3) is 0 Å². The van der Waals surface area contributed by atoms with Crippen molar-refractivity contribution in [2.24, 2.45) is 0 Å². The van der Waals surface area contributed by atoms with Gasteiger partial charge in [-0.25, -0.2) is 8.42 Å². The molecule has 17 heavy (non-hydrogen) atoms. The highest BCUT2D eigenvalue weighted by Crippen LogP contribution is 2.17. The average Bonchev–Trinajstić information content (AvgIpc) is 2.69. The number of aliphatic hydroxyl groups is 1. The van der Waals surface area contributed by atoms with Gasteiger partial charge in [-0.15, -0.1) is 0 Å². The lowest BCUT2D eigenvalue weighted by Crippen LogP contribution is -2.02. The van der Waals surface area contributed by atoms with Crippen molar-refractivity contribution in [2.45, 2.75) is 24.3 Å². The first-order valence-electron chi connectivity index (χ1n) is 5.17. The van der Waals surface area contributed by atoms with Gasteiger partial charge < -0.3 is 9.84 Å². The third-order valence-electron chi connectivity index (χ3n) is 2.26. The van der Waals surface area contributed by atoms with E-state index in [1.807, 2.05) is 0 Å². The van der Waals surface area contributed by atoms with Crippen LogP contribution in [0.4, 0.5) is 0 Å². The van der Waals surface area contributed by atoms with Crippen molar-refractivity contribution in [1.29, 1.82) is 0 Å². The Bertz CT molecular complexity index is 452. The first-order valence-corrected chi connectivity index (χ1v) is 7.48. The summed E-state index contributed by atoms with van der Waals surface area (Å²) in [5, 5.41) is 8.60. The van der Waals surface area contributed by atoms with Gasteiger partial charge in [-0.05, 0) is 25.0 Å². The van der Waals surface area contributed by atoms with E-state index in [4.69, 9.17) is 20.5 Å². The van der Waals surface area contributed by atoms with E-state index in [1.165, 1.54) is 6.07 Å². The van der Waals surface area contributed by atoms with Crippen LogP contribution >= 0.6 is 10.7 Å². The van der Waals surface area contributed by atoms with Crippen LogP contribution in [0.15, 0.2) is 29.2 Å². The Balaban J connectivity index is 0.000000202. The molecule has 0 aliphatic carbocycles. The zero-order valence-electron chi connectivity index (χ0n) is 9.47. The highest BCUT2D eigenvalue weighted by Gasteiger charge is 2.11. The van der Waals surface area contributed by atoms with E-state index < -0.39 is 9.05 Å². The molecule has 96 valence electrons. The van der Waals surface area contributed by atoms with Crippen molar-refractivity contribution in [3.05, 3.63) is 29.8 Å². The van der Waals surface area contributed by atoms with Crippen molar-refractivity contribution < 1.29 is 18.3 Å². The van der Waals surface area contributed by atoms with E-state index in [0.29, 0.717) is 12.2 Å². The quantitative estimate of drug-likeness (QED) is 0.794. The molecule has 0 spiro atoms. The second-order valence-corrected chi connectivity index (χ2v) is 6.26. The maximum absolute atomic E-state index is 10.8. The Morgan fingerprint density at radius 1 is 1.41 bits per heavy atom. The summed E-state index contributed by atoms with van der Waals surface area (Å²) in [6, 6.07) is 6.59. The summed E-state index contributed by atoms with van der Waals surface area (Å²) in [6.07, 6.45) is 0.644. The summed E-state index contributed by atoms with van der Waals surface area (Å²) < 4.78 is 26.4. The molecule has 1 heterocycles. The molecular weight excluding hydrogens is 264 g/mol. The predicted octanol–water partition coefficient (Wildman–Crippen LogP) is 1.69. The van der Waals surface area contributed by atoms with Crippen LogP contribution in [0.2, 0.25) is 0 Å². The van der Waals surface area contributed by atoms with Crippen LogP contribution in [0, 0.1) is 6.92 Å². The zero-order chi connectivity index (χ0) is 12.9. The standard InChI is InChI=1S/C7H7ClO2S.C4H8O2/c1-6-4-2-3-5-7(6)11(8,9)10;5-4-1-2-6-3-4/h2-5H,1H3;4-5H,1-3H2. The fourth-order valence-electron chi connectivity index (χ4n) is 1.35. The van der Waals surface area contributed by atoms with Crippen LogP contribution in [0.1, 0.15) is 12.0 Å². The number of ether oxygens (including phenoxy) is 1. The van der Waals surface area contributed by atoms with Crippen molar-refractivity contribution in [3.8, 4) is 0 Å². The van der Waals surface area contributed by atoms with Crippen LogP contribution in [-0.4, -0.2) is 32.8 Å². The molecule has 1 N–H and O–H groups in total. The molecule has 4 nitrogen and oxygen atoms in total. The number of aryl methyl sites for hydroxylation is 1. The summed E-state index contributed by atoms with van der Waals surface area (Å²) >= 11 is 0. The van der Waals surface area contributed by atoms with Crippen LogP contribution < -0.4 is 0 Å². The van der Waals surface area contributed by atoms with Gasteiger partial charge >= 0.3 is 0 Å². The van der Waals surface area contributed by atoms with Gasteiger partial charge in [0.25, 0.3) is 9.05 Å². The van der Waals surface area contributed by atoms with E-state index >= 15 is 0 Å². The minimum Gasteiger partial charge on any atom is -0.391 e. The van der Waals surface area contributed by atoms with E-state index in [-0.39, 0.29) is 11.0 Å². The summed E-state index contributed by atoms with van der Waals surface area (Å²) in [7, 11) is 1.57. The van der Waals surface area contributed by atoms with Gasteiger partial charge in [0.15, 0.2) is 0 Å². The lowest BCUT2D eigenvalue weighted by Gasteiger charge is -1.98. The zero-order valence-corrected chi connectivity index (χ0v) is 11.0. The minimum atomic E-state index is -3.56. The Kier molecular flexibility index (Phi) is 5.39. The van der Waals surface area contributed by atoms with Crippen molar-refractivity contribution in [3.63, 3.8) is 0 Å². The molecule has 0 bridgehead atoms. The van der Waals surface area contributed by atoms with Gasteiger partial charge in [-0.1, -0.05) is 18.2 Å². The Hall–Kier alpha value is -0.620. The molecule has 1 aliphatic heterocycles. The molecule has 1 fully saturated rings. The number of aliphatic hydroxyl groups excluding tert-OH is 1. The Morgan fingerprint density at radius 3 is 2.35 bits per heavy atom. The molecule has 0 aromatic heterocycles. The third-order valence-corrected chi connectivity index (χ3v) is 3.74. The fourth-order valence-corrected chi connectivity index (χ4v) is 2.57. The minimum absolute atomic E-state index is 0.176. The van der Waals surface area contributed by atoms with Gasteiger partial charge in [0.2, 0.25) is 0 Å². The number of benzene rings is 1. The van der Waals surface area contributed by atoms with Crippen LogP contribution in [0.5, 0.6) is 0 Å². The predicted molar refractivity (Wildman–Crippen MR) is 65.7 cm³/mol. The highest BCUT2D eigenvalue weighted by molar-refractivity contribution is 8.13. The van der Waals surface area contributed by atoms with Gasteiger partial charge in [0.05, 0.1) is 17.6 Å². The first kappa shape index (κ1) is 14.4. The molecule has 1 saturated heterocycles. The maximum atomic E-state index is 10.8. The molecule has 0 saturated carbocycles. The number of hydrogen-bond donors (Lipinski definition) is 1. The topological polar surface area (TPSA) is 63.6 Å². The molecule has 6 heteroatoms. The largest absolute Gasteiger partial charge is 0.391 e. The van der Waals surface area contributed by atoms with Crippen LogP contribution in [-0.2, 0) is 13.8 Å². The molecule has 2 rings (SSSR count). The lowest BCUT2D eigenvalue weighted by molar-refractivity contribution is 0.127. The van der Waals surface area contributed by atoms with Gasteiger partial charge in [-0.3, -0.25) is 0 Å². The molecule has 0 radical (unpaired) electrons. The fraction of sp³-hybridized carbons (Fsp3) is 0.455. The van der Waals surface area contributed by atoms with Gasteiger partial charge in [0, 0.05) is 17.3 Å². The van der Waals surface area contributed by atoms with Crippen molar-refractivity contribution >= 4 is 19.7 Å². The maximum Gasteiger partial charge on any atom is 0.261 e. The average molecular weight is 279 g/mol. The van der Waals surface area contributed by atoms with E-state index in [2.05, 4.69) is 0 Å². The molecule has 1 aliphatic rings. The van der Waals surface area contributed by atoms with Crippen molar-refractivity contribution in [2.75, 3.05) is 13.2 Å². The summed E-state index contributed by atoms with van der Waals surface area (Å²) in [6.45, 7) is 2.98. The normalized spacial score (nSPS) is 19.6. The summed E-state index contributed by atoms with van der Waals surface area (Å²) in [5.74, 6) is 0. The lowest BCUT2D eigenvalue weighted by atomic mass is 10.2.